The quantitative estimate of drug-likeness (QED) is 0.433. The van der Waals surface area contributed by atoms with Crippen LogP contribution in [0.1, 0.15) is 78.6 Å². The Kier molecular flexibility index (Phi) is 6.42. The van der Waals surface area contributed by atoms with Gasteiger partial charge in [0.05, 0.1) is 0 Å². The van der Waals surface area contributed by atoms with E-state index in [2.05, 4.69) is 20.8 Å². The van der Waals surface area contributed by atoms with Gasteiger partial charge in [-0.2, -0.15) is 0 Å². The zero-order chi connectivity index (χ0) is 13.6. The molecule has 1 nitrogen and oxygen atoms in total. The standard InChI is InChI=1S/C16H27ClO/c1-4-5-6-7-8-9-10-14(17)13-11-16(2,3)12-15(13)18/h4-12H2,1-3H3/b14-13+. The van der Waals surface area contributed by atoms with E-state index in [1.54, 1.807) is 0 Å². The summed E-state index contributed by atoms with van der Waals surface area (Å²) in [6.45, 7) is 6.52. The molecular weight excluding hydrogens is 244 g/mol. The summed E-state index contributed by atoms with van der Waals surface area (Å²) in [4.78, 5) is 11.9. The third-order valence-electron chi connectivity index (χ3n) is 3.71. The zero-order valence-electron chi connectivity index (χ0n) is 12.2. The lowest BCUT2D eigenvalue weighted by Crippen LogP contribution is -2.04. The van der Waals surface area contributed by atoms with Gasteiger partial charge in [-0.25, -0.2) is 0 Å². The number of carbonyl (C=O) groups is 1. The Bertz CT molecular complexity index is 315. The fraction of sp³-hybridized carbons (Fsp3) is 0.812. The number of halogens is 1. The monoisotopic (exact) mass is 270 g/mol. The van der Waals surface area contributed by atoms with Crippen molar-refractivity contribution in [3.8, 4) is 0 Å². The molecule has 0 aromatic heterocycles. The van der Waals surface area contributed by atoms with Crippen LogP contribution in [-0.2, 0) is 4.79 Å². The molecule has 0 spiro atoms. The lowest BCUT2D eigenvalue weighted by Gasteiger charge is -2.13. The van der Waals surface area contributed by atoms with Crippen molar-refractivity contribution in [2.24, 2.45) is 5.41 Å². The van der Waals surface area contributed by atoms with Crippen LogP contribution in [-0.4, -0.2) is 5.78 Å². The lowest BCUT2D eigenvalue weighted by atomic mass is 9.91. The van der Waals surface area contributed by atoms with Crippen LogP contribution in [0.3, 0.4) is 0 Å². The first-order chi connectivity index (χ1) is 8.46. The second-order valence-electron chi connectivity index (χ2n) is 6.34. The van der Waals surface area contributed by atoms with Crippen LogP contribution in [0.5, 0.6) is 0 Å². The van der Waals surface area contributed by atoms with Gasteiger partial charge in [0.1, 0.15) is 0 Å². The average Bonchev–Trinajstić information content (AvgIpc) is 2.57. The maximum absolute atomic E-state index is 11.9. The molecule has 0 heterocycles. The Balaban J connectivity index is 2.31. The van der Waals surface area contributed by atoms with E-state index in [4.69, 9.17) is 11.6 Å². The molecule has 0 N–H and O–H groups in total. The van der Waals surface area contributed by atoms with Gasteiger partial charge in [-0.15, -0.1) is 0 Å². The molecule has 104 valence electrons. The SMILES string of the molecule is CCCCCCCC/C(Cl)=C1/CC(C)(C)CC1=O. The first kappa shape index (κ1) is 15.8. The fourth-order valence-electron chi connectivity index (χ4n) is 2.64. The highest BCUT2D eigenvalue weighted by molar-refractivity contribution is 6.32. The van der Waals surface area contributed by atoms with Gasteiger partial charge in [0, 0.05) is 17.0 Å². The Morgan fingerprint density at radius 2 is 1.72 bits per heavy atom. The molecule has 0 saturated heterocycles. The van der Waals surface area contributed by atoms with E-state index >= 15 is 0 Å². The number of allylic oxidation sites excluding steroid dienone is 2. The molecule has 1 aliphatic carbocycles. The molecule has 1 rings (SSSR count). The largest absolute Gasteiger partial charge is 0.294 e. The smallest absolute Gasteiger partial charge is 0.160 e. The molecule has 0 radical (unpaired) electrons. The summed E-state index contributed by atoms with van der Waals surface area (Å²) in [5.41, 5.74) is 1.03. The van der Waals surface area contributed by atoms with Gasteiger partial charge in [0.25, 0.3) is 0 Å². The predicted octanol–water partition coefficient (Wildman–Crippen LogP) is 5.62. The van der Waals surface area contributed by atoms with Gasteiger partial charge >= 0.3 is 0 Å². The van der Waals surface area contributed by atoms with E-state index < -0.39 is 0 Å². The van der Waals surface area contributed by atoms with Crippen molar-refractivity contribution in [1.29, 1.82) is 0 Å². The van der Waals surface area contributed by atoms with Crippen LogP contribution >= 0.6 is 11.6 Å². The summed E-state index contributed by atoms with van der Waals surface area (Å²) in [7, 11) is 0. The predicted molar refractivity (Wildman–Crippen MR) is 78.9 cm³/mol. The summed E-state index contributed by atoms with van der Waals surface area (Å²) in [6, 6.07) is 0. The normalized spacial score (nSPS) is 21.4. The summed E-state index contributed by atoms with van der Waals surface area (Å²) in [6.07, 6.45) is 10.0. The van der Waals surface area contributed by atoms with Crippen LogP contribution in [0.25, 0.3) is 0 Å². The molecule has 0 amide bonds. The Hall–Kier alpha value is -0.300. The number of Topliss-reactive ketones (excluding diaryl/α,β-unsaturated/α-hetero) is 1. The van der Waals surface area contributed by atoms with Crippen LogP contribution in [0.4, 0.5) is 0 Å². The molecule has 2 heteroatoms. The fourth-order valence-corrected chi connectivity index (χ4v) is 2.95. The maximum Gasteiger partial charge on any atom is 0.160 e. The minimum atomic E-state index is 0.119. The Labute approximate surface area is 117 Å². The third-order valence-corrected chi connectivity index (χ3v) is 4.13. The topological polar surface area (TPSA) is 17.1 Å². The molecule has 1 aliphatic rings. The van der Waals surface area contributed by atoms with Crippen molar-refractivity contribution >= 4 is 17.4 Å². The van der Waals surface area contributed by atoms with E-state index in [0.29, 0.717) is 6.42 Å². The third kappa shape index (κ3) is 5.14. The van der Waals surface area contributed by atoms with E-state index in [1.807, 2.05) is 0 Å². The van der Waals surface area contributed by atoms with Crippen molar-refractivity contribution in [3.05, 3.63) is 10.6 Å². The van der Waals surface area contributed by atoms with E-state index in [-0.39, 0.29) is 11.2 Å². The minimum Gasteiger partial charge on any atom is -0.294 e. The maximum atomic E-state index is 11.9. The van der Waals surface area contributed by atoms with E-state index in [9.17, 15) is 4.79 Å². The molecule has 1 saturated carbocycles. The molecule has 0 aromatic carbocycles. The lowest BCUT2D eigenvalue weighted by molar-refractivity contribution is -0.115. The number of ketones is 1. The van der Waals surface area contributed by atoms with Crippen molar-refractivity contribution in [1.82, 2.24) is 0 Å². The number of rotatable bonds is 7. The Morgan fingerprint density at radius 3 is 2.28 bits per heavy atom. The molecule has 0 atom stereocenters. The second-order valence-corrected chi connectivity index (χ2v) is 6.80. The number of unbranched alkanes of at least 4 members (excludes halogenated alkanes) is 5. The van der Waals surface area contributed by atoms with Gasteiger partial charge in [-0.3, -0.25) is 4.79 Å². The van der Waals surface area contributed by atoms with Gasteiger partial charge < -0.3 is 0 Å². The first-order valence-electron chi connectivity index (χ1n) is 7.37. The molecule has 0 aliphatic heterocycles. The average molecular weight is 271 g/mol. The van der Waals surface area contributed by atoms with Crippen LogP contribution in [0.2, 0.25) is 0 Å². The van der Waals surface area contributed by atoms with Gasteiger partial charge in [-0.05, 0) is 24.7 Å². The number of hydrogen-bond acceptors (Lipinski definition) is 1. The molecular formula is C16H27ClO. The zero-order valence-corrected chi connectivity index (χ0v) is 12.9. The second kappa shape index (κ2) is 7.33. The van der Waals surface area contributed by atoms with Crippen molar-refractivity contribution in [2.75, 3.05) is 0 Å². The summed E-state index contributed by atoms with van der Waals surface area (Å²) < 4.78 is 0. The summed E-state index contributed by atoms with van der Waals surface area (Å²) in [5, 5.41) is 0.834. The molecule has 0 aromatic rings. The molecule has 1 fully saturated rings. The van der Waals surface area contributed by atoms with Gasteiger partial charge in [-0.1, -0.05) is 64.5 Å². The van der Waals surface area contributed by atoms with Crippen molar-refractivity contribution in [2.45, 2.75) is 78.6 Å². The highest BCUT2D eigenvalue weighted by Crippen LogP contribution is 2.41. The highest BCUT2D eigenvalue weighted by Gasteiger charge is 2.34. The summed E-state index contributed by atoms with van der Waals surface area (Å²) in [5.74, 6) is 0.274. The van der Waals surface area contributed by atoms with Crippen molar-refractivity contribution in [3.63, 3.8) is 0 Å². The first-order valence-corrected chi connectivity index (χ1v) is 7.75. The minimum absolute atomic E-state index is 0.119. The summed E-state index contributed by atoms with van der Waals surface area (Å²) >= 11 is 6.31. The molecule has 0 unspecified atom stereocenters. The van der Waals surface area contributed by atoms with E-state index in [1.165, 1.54) is 32.1 Å². The van der Waals surface area contributed by atoms with Crippen LogP contribution in [0, 0.1) is 5.41 Å². The van der Waals surface area contributed by atoms with E-state index in [0.717, 1.165) is 29.9 Å². The van der Waals surface area contributed by atoms with Gasteiger partial charge in [0.2, 0.25) is 0 Å². The van der Waals surface area contributed by atoms with Crippen LogP contribution < -0.4 is 0 Å². The Morgan fingerprint density at radius 1 is 1.11 bits per heavy atom. The number of carbonyl (C=O) groups excluding carboxylic acids is 1. The molecule has 0 bridgehead atoms. The number of hydrogen-bond donors (Lipinski definition) is 0. The van der Waals surface area contributed by atoms with Crippen molar-refractivity contribution < 1.29 is 4.79 Å². The molecule has 18 heavy (non-hydrogen) atoms. The van der Waals surface area contributed by atoms with Crippen LogP contribution in [0.15, 0.2) is 10.6 Å². The van der Waals surface area contributed by atoms with Gasteiger partial charge in [0.15, 0.2) is 5.78 Å². The highest BCUT2D eigenvalue weighted by atomic mass is 35.5.